The van der Waals surface area contributed by atoms with Gasteiger partial charge in [-0.1, -0.05) is 13.0 Å². The van der Waals surface area contributed by atoms with E-state index in [2.05, 4.69) is 35.2 Å². The Morgan fingerprint density at radius 3 is 3.10 bits per heavy atom. The lowest BCUT2D eigenvalue weighted by atomic mass is 9.98. The molecule has 1 aromatic heterocycles. The topological polar surface area (TPSA) is 37.4 Å². The van der Waals surface area contributed by atoms with Crippen molar-refractivity contribution in [2.24, 2.45) is 5.92 Å². The van der Waals surface area contributed by atoms with Crippen LogP contribution in [0.3, 0.4) is 0 Å². The summed E-state index contributed by atoms with van der Waals surface area (Å²) < 4.78 is 5.55. The van der Waals surface area contributed by atoms with E-state index in [0.717, 1.165) is 32.8 Å². The van der Waals surface area contributed by atoms with Crippen molar-refractivity contribution in [3.8, 4) is 0 Å². The smallest absolute Gasteiger partial charge is 0.0510 e. The van der Waals surface area contributed by atoms with E-state index < -0.39 is 0 Å². The lowest BCUT2D eigenvalue weighted by Crippen LogP contribution is -2.45. The van der Waals surface area contributed by atoms with Crippen molar-refractivity contribution in [2.75, 3.05) is 33.4 Å². The van der Waals surface area contributed by atoms with E-state index >= 15 is 0 Å². The maximum atomic E-state index is 5.55. The van der Waals surface area contributed by atoms with Crippen molar-refractivity contribution in [2.45, 2.75) is 32.4 Å². The third-order valence-corrected chi connectivity index (χ3v) is 3.87. The molecule has 1 N–H and O–H groups in total. The summed E-state index contributed by atoms with van der Waals surface area (Å²) in [5.41, 5.74) is 1.27. The van der Waals surface area contributed by atoms with Crippen molar-refractivity contribution < 1.29 is 4.74 Å². The molecule has 0 saturated carbocycles. The van der Waals surface area contributed by atoms with Gasteiger partial charge in [-0.2, -0.15) is 0 Å². The highest BCUT2D eigenvalue weighted by molar-refractivity contribution is 5.08. The molecule has 1 fully saturated rings. The molecule has 0 aromatic carbocycles. The monoisotopic (exact) mass is 277 g/mol. The van der Waals surface area contributed by atoms with Gasteiger partial charge in [-0.15, -0.1) is 0 Å². The van der Waals surface area contributed by atoms with Gasteiger partial charge in [0, 0.05) is 44.0 Å². The molecule has 4 nitrogen and oxygen atoms in total. The lowest BCUT2D eigenvalue weighted by molar-refractivity contribution is 0.165. The third-order valence-electron chi connectivity index (χ3n) is 3.87. The molecule has 0 spiro atoms. The van der Waals surface area contributed by atoms with Crippen LogP contribution in [0.4, 0.5) is 0 Å². The molecule has 20 heavy (non-hydrogen) atoms. The maximum Gasteiger partial charge on any atom is 0.0510 e. The Balaban J connectivity index is 1.85. The van der Waals surface area contributed by atoms with E-state index in [1.54, 1.807) is 0 Å². The van der Waals surface area contributed by atoms with Crippen molar-refractivity contribution >= 4 is 0 Å². The van der Waals surface area contributed by atoms with Crippen LogP contribution < -0.4 is 5.32 Å². The molecule has 112 valence electrons. The van der Waals surface area contributed by atoms with Crippen LogP contribution >= 0.6 is 0 Å². The predicted octanol–water partition coefficient (Wildman–Crippen LogP) is 1.92. The van der Waals surface area contributed by atoms with Crippen molar-refractivity contribution in [3.63, 3.8) is 0 Å². The zero-order valence-electron chi connectivity index (χ0n) is 12.7. The third kappa shape index (κ3) is 4.85. The second kappa shape index (κ2) is 8.35. The first kappa shape index (κ1) is 15.4. The second-order valence-corrected chi connectivity index (χ2v) is 5.74. The second-order valence-electron chi connectivity index (χ2n) is 5.74. The molecule has 4 heteroatoms. The lowest BCUT2D eigenvalue weighted by Gasteiger charge is -2.28. The van der Waals surface area contributed by atoms with E-state index in [4.69, 9.17) is 4.74 Å². The van der Waals surface area contributed by atoms with Gasteiger partial charge in [-0.25, -0.2) is 0 Å². The number of hydrogen-bond acceptors (Lipinski definition) is 4. The molecule has 2 unspecified atom stereocenters. The number of aromatic nitrogens is 1. The normalized spacial score (nSPS) is 20.4. The van der Waals surface area contributed by atoms with E-state index in [1.807, 2.05) is 18.5 Å². The Morgan fingerprint density at radius 2 is 2.45 bits per heavy atom. The molecular formula is C16H27N3O. The van der Waals surface area contributed by atoms with Crippen LogP contribution in [0.2, 0.25) is 0 Å². The van der Waals surface area contributed by atoms with Crippen LogP contribution in [0.15, 0.2) is 24.5 Å². The van der Waals surface area contributed by atoms with E-state index in [0.29, 0.717) is 12.0 Å². The number of pyridine rings is 1. The number of rotatable bonds is 8. The van der Waals surface area contributed by atoms with Crippen LogP contribution in [0.25, 0.3) is 0 Å². The number of ether oxygens (including phenoxy) is 1. The van der Waals surface area contributed by atoms with Crippen molar-refractivity contribution in [1.29, 1.82) is 0 Å². The highest BCUT2D eigenvalue weighted by Crippen LogP contribution is 2.18. The van der Waals surface area contributed by atoms with Crippen LogP contribution in [0, 0.1) is 5.92 Å². The molecule has 0 amide bonds. The molecule has 1 aromatic rings. The van der Waals surface area contributed by atoms with Crippen LogP contribution in [-0.4, -0.2) is 49.3 Å². The number of nitrogens with one attached hydrogen (secondary N) is 1. The Hall–Kier alpha value is -0.970. The summed E-state index contributed by atoms with van der Waals surface area (Å²) in [5.74, 6) is 0.651. The average molecular weight is 277 g/mol. The summed E-state index contributed by atoms with van der Waals surface area (Å²) in [6.07, 6.45) is 6.13. The molecule has 1 aliphatic rings. The summed E-state index contributed by atoms with van der Waals surface area (Å²) in [5, 5.41) is 3.69. The summed E-state index contributed by atoms with van der Waals surface area (Å²) in [6.45, 7) is 7.13. The van der Waals surface area contributed by atoms with Crippen molar-refractivity contribution in [1.82, 2.24) is 15.2 Å². The Morgan fingerprint density at radius 1 is 1.55 bits per heavy atom. The standard InChI is InChI=1S/C16H27N3O/c1-3-7-18-16(15-6-9-20-13-15)12-19(2)11-14-5-4-8-17-10-14/h4-5,8,10,15-16,18H,3,6-7,9,11-13H2,1-2H3. The summed E-state index contributed by atoms with van der Waals surface area (Å²) >= 11 is 0. The Labute approximate surface area is 122 Å². The fourth-order valence-corrected chi connectivity index (χ4v) is 2.78. The van der Waals surface area contributed by atoms with Gasteiger partial charge >= 0.3 is 0 Å². The molecule has 2 heterocycles. The SMILES string of the molecule is CCCNC(CN(C)Cc1cccnc1)C1CCOC1. The minimum Gasteiger partial charge on any atom is -0.381 e. The molecule has 2 rings (SSSR count). The zero-order valence-corrected chi connectivity index (χ0v) is 12.7. The maximum absolute atomic E-state index is 5.55. The molecule has 1 saturated heterocycles. The van der Waals surface area contributed by atoms with Gasteiger partial charge in [0.25, 0.3) is 0 Å². The first-order valence-corrected chi connectivity index (χ1v) is 7.68. The van der Waals surface area contributed by atoms with Gasteiger partial charge < -0.3 is 15.0 Å². The van der Waals surface area contributed by atoms with Gasteiger partial charge in [-0.3, -0.25) is 4.98 Å². The number of nitrogens with zero attached hydrogens (tertiary/aromatic N) is 2. The van der Waals surface area contributed by atoms with Gasteiger partial charge in [0.15, 0.2) is 0 Å². The van der Waals surface area contributed by atoms with Gasteiger partial charge in [0.1, 0.15) is 0 Å². The minimum atomic E-state index is 0.527. The van der Waals surface area contributed by atoms with Gasteiger partial charge in [0.2, 0.25) is 0 Å². The number of hydrogen-bond donors (Lipinski definition) is 1. The first-order valence-electron chi connectivity index (χ1n) is 7.68. The summed E-state index contributed by atoms with van der Waals surface area (Å²) in [6, 6.07) is 4.66. The van der Waals surface area contributed by atoms with Crippen LogP contribution in [0.1, 0.15) is 25.3 Å². The molecule has 2 atom stereocenters. The molecule has 0 aliphatic carbocycles. The summed E-state index contributed by atoms with van der Waals surface area (Å²) in [4.78, 5) is 6.56. The van der Waals surface area contributed by atoms with Crippen LogP contribution in [0.5, 0.6) is 0 Å². The molecule has 0 bridgehead atoms. The predicted molar refractivity (Wildman–Crippen MR) is 81.6 cm³/mol. The average Bonchev–Trinajstić information content (AvgIpc) is 2.98. The fourth-order valence-electron chi connectivity index (χ4n) is 2.78. The van der Waals surface area contributed by atoms with Gasteiger partial charge in [0.05, 0.1) is 6.61 Å². The number of likely N-dealkylation sites (N-methyl/N-ethyl adjacent to an activating group) is 1. The van der Waals surface area contributed by atoms with E-state index in [9.17, 15) is 0 Å². The largest absolute Gasteiger partial charge is 0.381 e. The zero-order chi connectivity index (χ0) is 14.2. The Bertz CT molecular complexity index is 365. The molecular weight excluding hydrogens is 250 g/mol. The minimum absolute atomic E-state index is 0.527. The van der Waals surface area contributed by atoms with Crippen molar-refractivity contribution in [3.05, 3.63) is 30.1 Å². The van der Waals surface area contributed by atoms with E-state index in [-0.39, 0.29) is 0 Å². The molecule has 0 radical (unpaired) electrons. The Kier molecular flexibility index (Phi) is 6.43. The first-order chi connectivity index (χ1) is 9.79. The van der Waals surface area contributed by atoms with E-state index in [1.165, 1.54) is 18.4 Å². The van der Waals surface area contributed by atoms with Crippen LogP contribution in [-0.2, 0) is 11.3 Å². The molecule has 1 aliphatic heterocycles. The fraction of sp³-hybridized carbons (Fsp3) is 0.688. The summed E-state index contributed by atoms with van der Waals surface area (Å²) in [7, 11) is 2.18. The quantitative estimate of drug-likeness (QED) is 0.788. The van der Waals surface area contributed by atoms with Gasteiger partial charge in [-0.05, 0) is 38.1 Å². The highest BCUT2D eigenvalue weighted by atomic mass is 16.5. The highest BCUT2D eigenvalue weighted by Gasteiger charge is 2.26.